The van der Waals surface area contributed by atoms with Gasteiger partial charge in [-0.15, -0.1) is 0 Å². The van der Waals surface area contributed by atoms with Gasteiger partial charge in [0.15, 0.2) is 5.78 Å². The molecule has 4 aromatic rings. The van der Waals surface area contributed by atoms with Gasteiger partial charge in [-0.3, -0.25) is 19.6 Å². The third kappa shape index (κ3) is 8.90. The number of hydrogen-bond donors (Lipinski definition) is 6. The number of anilines is 1. The van der Waals surface area contributed by atoms with Crippen LogP contribution in [-0.4, -0.2) is 74.6 Å². The number of aryl methyl sites for hydroxylation is 1. The highest BCUT2D eigenvalue weighted by Crippen LogP contribution is 2.32. The van der Waals surface area contributed by atoms with Gasteiger partial charge in [0.2, 0.25) is 0 Å². The number of hydrogen-bond acceptors (Lipinski definition) is 9. The molecule has 0 fully saturated rings. The van der Waals surface area contributed by atoms with Crippen LogP contribution in [0.3, 0.4) is 0 Å². The number of Topliss-reactive ketones (excluding diaryl/α,β-unsaturated/α-hetero) is 1. The van der Waals surface area contributed by atoms with Crippen LogP contribution < -0.4 is 10.6 Å². The van der Waals surface area contributed by atoms with Gasteiger partial charge in [-0.25, -0.2) is 0 Å². The van der Waals surface area contributed by atoms with Gasteiger partial charge in [0.25, 0.3) is 5.91 Å². The van der Waals surface area contributed by atoms with Gasteiger partial charge in [0, 0.05) is 50.2 Å². The number of nitrogens with zero attached hydrogens (tertiary/aromatic N) is 2. The lowest BCUT2D eigenvalue weighted by atomic mass is 9.91. The summed E-state index contributed by atoms with van der Waals surface area (Å²) in [7, 11) is 0. The molecule has 10 nitrogen and oxygen atoms in total. The van der Waals surface area contributed by atoms with Gasteiger partial charge in [0.05, 0.1) is 19.3 Å². The number of benzene rings is 2. The molecule has 4 rings (SSSR count). The Morgan fingerprint density at radius 3 is 2.00 bits per heavy atom. The minimum Gasteiger partial charge on any atom is -0.396 e. The summed E-state index contributed by atoms with van der Waals surface area (Å²) in [4.78, 5) is 34.9. The molecule has 0 atom stereocenters. The Labute approximate surface area is 269 Å². The number of aromatic nitrogens is 2. The lowest BCUT2D eigenvalue weighted by molar-refractivity contribution is 0.0986. The predicted octanol–water partition coefficient (Wildman–Crippen LogP) is 3.41. The zero-order chi connectivity index (χ0) is 33.1. The first kappa shape index (κ1) is 34.6. The highest BCUT2D eigenvalue weighted by atomic mass is 16.3. The van der Waals surface area contributed by atoms with Gasteiger partial charge < -0.3 is 31.1 Å². The van der Waals surface area contributed by atoms with Crippen LogP contribution in [0.5, 0.6) is 0 Å². The third-order valence-electron chi connectivity index (χ3n) is 8.23. The molecule has 0 bridgehead atoms. The SMILES string of the molecule is Cc1c(CC(=O)c2ccc(CNC(CO)CO)cn2)cccc1-c1cccc(NC(=O)c2ccc(CCC(CO)CO)cn2)c1C. The fraction of sp³-hybridized carbons (Fsp3) is 0.333. The molecule has 0 unspecified atom stereocenters. The van der Waals surface area contributed by atoms with Crippen molar-refractivity contribution in [3.63, 3.8) is 0 Å². The van der Waals surface area contributed by atoms with E-state index in [-0.39, 0.29) is 56.2 Å². The van der Waals surface area contributed by atoms with Gasteiger partial charge >= 0.3 is 0 Å². The first-order chi connectivity index (χ1) is 22.3. The molecular formula is C36H42N4O6. The zero-order valence-corrected chi connectivity index (χ0v) is 26.2. The number of nitrogens with one attached hydrogen (secondary N) is 2. The maximum absolute atomic E-state index is 13.2. The third-order valence-corrected chi connectivity index (χ3v) is 8.23. The number of carbonyl (C=O) groups excluding carboxylic acids is 2. The molecule has 0 spiro atoms. The highest BCUT2D eigenvalue weighted by Gasteiger charge is 2.17. The number of aliphatic hydroxyl groups is 4. The van der Waals surface area contributed by atoms with Gasteiger partial charge in [0.1, 0.15) is 11.4 Å². The summed E-state index contributed by atoms with van der Waals surface area (Å²) in [5, 5.41) is 43.0. The minimum atomic E-state index is -0.414. The van der Waals surface area contributed by atoms with Crippen molar-refractivity contribution in [1.82, 2.24) is 15.3 Å². The molecule has 0 saturated carbocycles. The second-order valence-electron chi connectivity index (χ2n) is 11.4. The van der Waals surface area contributed by atoms with E-state index >= 15 is 0 Å². The average molecular weight is 627 g/mol. The van der Waals surface area contributed by atoms with E-state index in [9.17, 15) is 30.0 Å². The van der Waals surface area contributed by atoms with E-state index in [1.807, 2.05) is 62.4 Å². The molecule has 2 heterocycles. The van der Waals surface area contributed by atoms with Crippen molar-refractivity contribution in [2.24, 2.45) is 5.92 Å². The summed E-state index contributed by atoms with van der Waals surface area (Å²) in [5.41, 5.74) is 7.68. The second-order valence-corrected chi connectivity index (χ2v) is 11.4. The monoisotopic (exact) mass is 626 g/mol. The molecule has 0 aliphatic carbocycles. The lowest BCUT2D eigenvalue weighted by Crippen LogP contribution is -2.35. The summed E-state index contributed by atoms with van der Waals surface area (Å²) in [6.07, 6.45) is 4.72. The Kier molecular flexibility index (Phi) is 12.6. The van der Waals surface area contributed by atoms with Crippen LogP contribution in [0.25, 0.3) is 11.1 Å². The number of rotatable bonds is 16. The molecule has 10 heteroatoms. The molecule has 0 saturated heterocycles. The van der Waals surface area contributed by atoms with Gasteiger partial charge in [-0.2, -0.15) is 0 Å². The number of aliphatic hydroxyl groups excluding tert-OH is 4. The van der Waals surface area contributed by atoms with Gasteiger partial charge in [-0.1, -0.05) is 42.5 Å². The van der Waals surface area contributed by atoms with Crippen molar-refractivity contribution in [1.29, 1.82) is 0 Å². The molecular weight excluding hydrogens is 584 g/mol. The number of amides is 1. The molecule has 0 aliphatic rings. The lowest BCUT2D eigenvalue weighted by Gasteiger charge is -2.16. The van der Waals surface area contributed by atoms with Crippen LogP contribution in [-0.2, 0) is 19.4 Å². The van der Waals surface area contributed by atoms with E-state index < -0.39 is 6.04 Å². The molecule has 242 valence electrons. The van der Waals surface area contributed by atoms with Crippen LogP contribution in [0, 0.1) is 19.8 Å². The predicted molar refractivity (Wildman–Crippen MR) is 177 cm³/mol. The molecule has 1 amide bonds. The van der Waals surface area contributed by atoms with Gasteiger partial charge in [-0.05, 0) is 83.8 Å². The summed E-state index contributed by atoms with van der Waals surface area (Å²) in [6, 6.07) is 18.2. The smallest absolute Gasteiger partial charge is 0.274 e. The maximum Gasteiger partial charge on any atom is 0.274 e. The van der Waals surface area contributed by atoms with Crippen molar-refractivity contribution in [3.05, 3.63) is 112 Å². The standard InChI is InChI=1S/C36H42N4O6/c1-23-28(15-35(45)33-13-12-26(18-38-33)17-37-29(21-43)22-44)5-3-6-30(23)31-7-4-8-32(24(31)2)40-36(46)34-14-11-25(16-39-34)9-10-27(19-41)20-42/h3-8,11-14,16,18,27,29,37,41-44H,9-10,15,17,19-22H2,1-2H3,(H,40,46). The Bertz CT molecular complexity index is 1480. The quantitative estimate of drug-likeness (QED) is 0.102. The Balaban J connectivity index is 1.44. The topological polar surface area (TPSA) is 165 Å². The van der Waals surface area contributed by atoms with Crippen molar-refractivity contribution in [3.8, 4) is 11.1 Å². The van der Waals surface area contributed by atoms with Crippen molar-refractivity contribution >= 4 is 17.4 Å². The first-order valence-corrected chi connectivity index (χ1v) is 15.4. The van der Waals surface area contributed by atoms with Crippen molar-refractivity contribution in [2.75, 3.05) is 31.7 Å². The van der Waals surface area contributed by atoms with E-state index in [1.165, 1.54) is 0 Å². The number of pyridine rings is 2. The largest absolute Gasteiger partial charge is 0.396 e. The summed E-state index contributed by atoms with van der Waals surface area (Å²) < 4.78 is 0. The van der Waals surface area contributed by atoms with Crippen molar-refractivity contribution in [2.45, 2.75) is 45.7 Å². The average Bonchev–Trinajstić information content (AvgIpc) is 3.08. The van der Waals surface area contributed by atoms with E-state index in [1.54, 1.807) is 24.5 Å². The maximum atomic E-state index is 13.2. The van der Waals surface area contributed by atoms with Crippen LogP contribution in [0.1, 0.15) is 55.2 Å². The number of carbonyl (C=O) groups is 2. The van der Waals surface area contributed by atoms with E-state index in [4.69, 9.17) is 0 Å². The van der Waals surface area contributed by atoms with E-state index in [0.717, 1.165) is 38.9 Å². The van der Waals surface area contributed by atoms with E-state index in [2.05, 4.69) is 20.6 Å². The molecule has 0 radical (unpaired) electrons. The first-order valence-electron chi connectivity index (χ1n) is 15.4. The zero-order valence-electron chi connectivity index (χ0n) is 26.2. The molecule has 2 aromatic heterocycles. The fourth-order valence-electron chi connectivity index (χ4n) is 5.14. The summed E-state index contributed by atoms with van der Waals surface area (Å²) in [6.45, 7) is 3.84. The second kappa shape index (κ2) is 16.8. The molecule has 0 aliphatic heterocycles. The molecule has 2 aromatic carbocycles. The summed E-state index contributed by atoms with van der Waals surface area (Å²) in [5.74, 6) is -0.616. The Morgan fingerprint density at radius 1 is 0.739 bits per heavy atom. The Hall–Kier alpha value is -4.32. The van der Waals surface area contributed by atoms with Crippen LogP contribution in [0.4, 0.5) is 5.69 Å². The van der Waals surface area contributed by atoms with Crippen LogP contribution >= 0.6 is 0 Å². The van der Waals surface area contributed by atoms with Crippen LogP contribution in [0.15, 0.2) is 73.1 Å². The molecule has 6 N–H and O–H groups in total. The fourth-order valence-corrected chi connectivity index (χ4v) is 5.14. The minimum absolute atomic E-state index is 0.0727. The van der Waals surface area contributed by atoms with Crippen molar-refractivity contribution < 1.29 is 30.0 Å². The van der Waals surface area contributed by atoms with E-state index in [0.29, 0.717) is 30.8 Å². The number of ketones is 1. The highest BCUT2D eigenvalue weighted by molar-refractivity contribution is 6.04. The van der Waals surface area contributed by atoms with Crippen LogP contribution in [0.2, 0.25) is 0 Å². The summed E-state index contributed by atoms with van der Waals surface area (Å²) >= 11 is 0. The Morgan fingerprint density at radius 2 is 1.37 bits per heavy atom. The molecule has 46 heavy (non-hydrogen) atoms. The normalized spacial score (nSPS) is 11.3.